The third-order valence-electron chi connectivity index (χ3n) is 5.90. The second-order valence-electron chi connectivity index (χ2n) is 8.85. The van der Waals surface area contributed by atoms with Crippen molar-refractivity contribution in [2.75, 3.05) is 24.3 Å². The van der Waals surface area contributed by atoms with Gasteiger partial charge in [0.1, 0.15) is 0 Å². The van der Waals surface area contributed by atoms with E-state index in [4.69, 9.17) is 14.0 Å². The van der Waals surface area contributed by atoms with Crippen LogP contribution in [0.25, 0.3) is 0 Å². The molecule has 31 heavy (non-hydrogen) atoms. The molecule has 1 saturated carbocycles. The molecule has 1 atom stereocenters. The number of hydrogen-bond donors (Lipinski definition) is 1. The Labute approximate surface area is 185 Å². The Morgan fingerprint density at radius 3 is 2.71 bits per heavy atom. The van der Waals surface area contributed by atoms with Gasteiger partial charge in [-0.1, -0.05) is 11.6 Å². The number of alkyl halides is 3. The predicted molar refractivity (Wildman–Crippen MR) is 112 cm³/mol. The molecule has 1 aliphatic heterocycles. The summed E-state index contributed by atoms with van der Waals surface area (Å²) in [7, 11) is 0. The van der Waals surface area contributed by atoms with Crippen LogP contribution in [-0.4, -0.2) is 47.2 Å². The summed E-state index contributed by atoms with van der Waals surface area (Å²) in [5, 5.41) is 6.88. The summed E-state index contributed by atoms with van der Waals surface area (Å²) in [5.74, 6) is 0.150. The van der Waals surface area contributed by atoms with Gasteiger partial charge in [0.2, 0.25) is 11.8 Å². The molecular formula is C21H31F3N2O4S. The lowest BCUT2D eigenvalue weighted by Gasteiger charge is -2.40. The minimum Gasteiger partial charge on any atom is -0.353 e. The third kappa shape index (κ3) is 6.86. The molecule has 2 fully saturated rings. The highest BCUT2D eigenvalue weighted by molar-refractivity contribution is 8.01. The van der Waals surface area contributed by atoms with Gasteiger partial charge in [-0.15, -0.1) is 11.8 Å². The van der Waals surface area contributed by atoms with E-state index in [0.717, 1.165) is 50.8 Å². The van der Waals surface area contributed by atoms with Crippen molar-refractivity contribution >= 4 is 23.6 Å². The molecule has 0 aromatic carbocycles. The van der Waals surface area contributed by atoms with Crippen molar-refractivity contribution in [2.45, 2.75) is 87.8 Å². The molecule has 1 amide bonds. The van der Waals surface area contributed by atoms with E-state index in [1.165, 1.54) is 11.8 Å². The minimum absolute atomic E-state index is 0.0233. The number of aromatic nitrogens is 1. The quantitative estimate of drug-likeness (QED) is 0.466. The zero-order chi connectivity index (χ0) is 22.5. The molecule has 10 heteroatoms. The fraction of sp³-hybridized carbons (Fsp3) is 0.810. The van der Waals surface area contributed by atoms with Crippen molar-refractivity contribution in [1.29, 1.82) is 0 Å². The van der Waals surface area contributed by atoms with Crippen molar-refractivity contribution < 1.29 is 32.0 Å². The first kappa shape index (κ1) is 24.4. The van der Waals surface area contributed by atoms with Gasteiger partial charge in [0.05, 0.1) is 17.0 Å². The summed E-state index contributed by atoms with van der Waals surface area (Å²) >= 11 is 1.19. The van der Waals surface area contributed by atoms with Gasteiger partial charge in [0, 0.05) is 24.5 Å². The molecule has 1 aromatic heterocycles. The molecule has 3 rings (SSSR count). The highest BCUT2D eigenvalue weighted by atomic mass is 32.2. The Kier molecular flexibility index (Phi) is 7.96. The lowest BCUT2D eigenvalue weighted by molar-refractivity contribution is -0.177. The maximum atomic E-state index is 12.6. The van der Waals surface area contributed by atoms with Gasteiger partial charge in [-0.2, -0.15) is 13.2 Å². The van der Waals surface area contributed by atoms with Gasteiger partial charge in [-0.05, 0) is 58.1 Å². The molecular weight excluding hydrogens is 433 g/mol. The summed E-state index contributed by atoms with van der Waals surface area (Å²) in [4.78, 5) is 12.6. The maximum absolute atomic E-state index is 12.6. The van der Waals surface area contributed by atoms with Crippen molar-refractivity contribution in [3.05, 3.63) is 11.8 Å². The number of rotatable bonds is 10. The summed E-state index contributed by atoms with van der Waals surface area (Å²) in [6.07, 6.45) is 0.776. The smallest absolute Gasteiger partial charge is 0.353 e. The molecule has 0 spiro atoms. The number of amides is 1. The number of carbonyl (C=O) groups is 1. The Morgan fingerprint density at radius 2 is 2.10 bits per heavy atom. The highest BCUT2D eigenvalue weighted by Crippen LogP contribution is 2.44. The Morgan fingerprint density at radius 1 is 1.32 bits per heavy atom. The van der Waals surface area contributed by atoms with E-state index < -0.39 is 17.3 Å². The summed E-state index contributed by atoms with van der Waals surface area (Å²) in [5.41, 5.74) is 0.523. The number of hydrogen-bond acceptors (Lipinski definition) is 6. The lowest BCUT2D eigenvalue weighted by Crippen LogP contribution is -2.41. The van der Waals surface area contributed by atoms with Crippen LogP contribution < -0.4 is 5.32 Å². The summed E-state index contributed by atoms with van der Waals surface area (Å²) in [6, 6.07) is 1.73. The van der Waals surface area contributed by atoms with Gasteiger partial charge >= 0.3 is 6.18 Å². The summed E-state index contributed by atoms with van der Waals surface area (Å²) < 4.78 is 53.0. The molecule has 0 bridgehead atoms. The van der Waals surface area contributed by atoms with E-state index in [2.05, 4.69) is 10.5 Å². The van der Waals surface area contributed by atoms with Crippen LogP contribution in [0, 0.1) is 0 Å². The monoisotopic (exact) mass is 464 g/mol. The predicted octanol–water partition coefficient (Wildman–Crippen LogP) is 5.43. The second-order valence-corrected chi connectivity index (χ2v) is 10.6. The molecule has 176 valence electrons. The fourth-order valence-corrected chi connectivity index (χ4v) is 4.67. The van der Waals surface area contributed by atoms with Gasteiger partial charge in [0.15, 0.2) is 6.29 Å². The maximum Gasteiger partial charge on any atom is 0.389 e. The molecule has 1 N–H and O–H groups in total. The van der Waals surface area contributed by atoms with E-state index in [-0.39, 0.29) is 35.7 Å². The van der Waals surface area contributed by atoms with Gasteiger partial charge in [0.25, 0.3) is 0 Å². The van der Waals surface area contributed by atoms with Crippen molar-refractivity contribution in [2.24, 2.45) is 0 Å². The van der Waals surface area contributed by atoms with Crippen LogP contribution in [0.15, 0.2) is 10.6 Å². The Hall–Kier alpha value is -1.26. The van der Waals surface area contributed by atoms with E-state index in [1.807, 2.05) is 0 Å². The molecule has 6 nitrogen and oxygen atoms in total. The molecule has 1 saturated heterocycles. The van der Waals surface area contributed by atoms with Gasteiger partial charge < -0.3 is 14.0 Å². The first-order valence-electron chi connectivity index (χ1n) is 10.8. The first-order valence-corrected chi connectivity index (χ1v) is 11.8. The number of carbonyl (C=O) groups excluding carboxylic acids is 1. The number of thioether (sulfide) groups is 1. The number of nitrogens with one attached hydrogen (secondary N) is 1. The third-order valence-corrected chi connectivity index (χ3v) is 7.30. The number of anilines is 1. The van der Waals surface area contributed by atoms with Crippen LogP contribution in [0.1, 0.15) is 70.9 Å². The number of halogens is 3. The normalized spacial score (nSPS) is 21.5. The summed E-state index contributed by atoms with van der Waals surface area (Å²) in [6.45, 7) is 4.59. The van der Waals surface area contributed by atoms with Gasteiger partial charge in [-0.25, -0.2) is 0 Å². The largest absolute Gasteiger partial charge is 0.389 e. The fourth-order valence-electron chi connectivity index (χ4n) is 3.69. The zero-order valence-corrected chi connectivity index (χ0v) is 18.9. The molecule has 1 unspecified atom stereocenters. The van der Waals surface area contributed by atoms with Crippen LogP contribution in [0.3, 0.4) is 0 Å². The average molecular weight is 465 g/mol. The molecule has 2 aliphatic rings. The molecule has 1 aromatic rings. The Bertz CT molecular complexity index is 728. The van der Waals surface area contributed by atoms with Crippen molar-refractivity contribution in [3.8, 4) is 0 Å². The molecule has 1 aliphatic carbocycles. The minimum atomic E-state index is -4.17. The van der Waals surface area contributed by atoms with E-state index in [1.54, 1.807) is 19.9 Å². The highest BCUT2D eigenvalue weighted by Gasteiger charge is 2.43. The van der Waals surface area contributed by atoms with Crippen LogP contribution in [0.4, 0.5) is 19.1 Å². The van der Waals surface area contributed by atoms with Crippen LogP contribution in [0.2, 0.25) is 0 Å². The van der Waals surface area contributed by atoms with Gasteiger partial charge in [-0.3, -0.25) is 10.1 Å². The second kappa shape index (κ2) is 10.1. The SMILES string of the molecule is CC(C)(SCCCC(F)(F)F)C(=O)Nc1cc(C2(COC3CCCCO3)CCC2)no1. The lowest BCUT2D eigenvalue weighted by atomic mass is 9.67. The zero-order valence-electron chi connectivity index (χ0n) is 18.1. The van der Waals surface area contributed by atoms with Crippen LogP contribution in [0.5, 0.6) is 0 Å². The van der Waals surface area contributed by atoms with Crippen molar-refractivity contribution in [3.63, 3.8) is 0 Å². The Balaban J connectivity index is 1.51. The molecule has 0 radical (unpaired) electrons. The van der Waals surface area contributed by atoms with Crippen molar-refractivity contribution in [1.82, 2.24) is 5.16 Å². The van der Waals surface area contributed by atoms with Crippen LogP contribution in [-0.2, 0) is 19.7 Å². The van der Waals surface area contributed by atoms with E-state index >= 15 is 0 Å². The topological polar surface area (TPSA) is 73.6 Å². The number of nitrogens with zero attached hydrogens (tertiary/aromatic N) is 1. The van der Waals surface area contributed by atoms with E-state index in [9.17, 15) is 18.0 Å². The standard InChI is InChI=1S/C21H31F3N2O4S/c1-19(2,31-12-6-10-21(22,23)24)18(27)25-16-13-15(26-30-16)20(8-5-9-20)14-29-17-7-3-4-11-28-17/h13,17H,3-12,14H2,1-2H3,(H,25,27). The van der Waals surface area contributed by atoms with Crippen LogP contribution >= 0.6 is 11.8 Å². The first-order chi connectivity index (χ1) is 14.6. The number of ether oxygens (including phenoxy) is 2. The average Bonchev–Trinajstić information content (AvgIpc) is 3.13. The molecule has 2 heterocycles. The van der Waals surface area contributed by atoms with E-state index in [0.29, 0.717) is 6.61 Å².